The lowest BCUT2D eigenvalue weighted by Gasteiger charge is -2.30. The summed E-state index contributed by atoms with van der Waals surface area (Å²) in [5.41, 5.74) is -0.621. The normalized spacial score (nSPS) is 22.2. The lowest BCUT2D eigenvalue weighted by atomic mass is 10.2. The van der Waals surface area contributed by atoms with Crippen LogP contribution in [-0.2, 0) is 9.53 Å². The van der Waals surface area contributed by atoms with Gasteiger partial charge in [-0.2, -0.15) is 0 Å². The van der Waals surface area contributed by atoms with Crippen molar-refractivity contribution in [1.29, 1.82) is 0 Å². The Morgan fingerprint density at radius 2 is 1.94 bits per heavy atom. The number of hydrogen-bond donors (Lipinski definition) is 1. The topological polar surface area (TPSA) is 70.1 Å². The predicted octanol–water partition coefficient (Wildman–Crippen LogP) is 0.927. The maximum Gasteiger partial charge on any atom is 0.425 e. The van der Waals surface area contributed by atoms with Gasteiger partial charge in [-0.25, -0.2) is 19.6 Å². The Balaban J connectivity index is 2.76. The average Bonchev–Trinajstić information content (AvgIpc) is 2.43. The van der Waals surface area contributed by atoms with E-state index in [2.05, 4.69) is 0 Å². The molecule has 0 aromatic carbocycles. The number of aliphatic carboxylic acids is 1. The number of nitrogens with zero attached hydrogens (tertiary/aromatic N) is 2. The molecule has 92 valence electrons. The van der Waals surface area contributed by atoms with Crippen molar-refractivity contribution in [2.75, 3.05) is 13.6 Å². The third kappa shape index (κ3) is 2.85. The number of hydrogen-bond acceptors (Lipinski definition) is 4. The van der Waals surface area contributed by atoms with Gasteiger partial charge in [-0.15, -0.1) is 0 Å². The van der Waals surface area contributed by atoms with Crippen molar-refractivity contribution in [2.24, 2.45) is 0 Å². The maximum absolute atomic E-state index is 11.8. The molecule has 0 aromatic rings. The van der Waals surface area contributed by atoms with Gasteiger partial charge in [0.1, 0.15) is 5.60 Å². The zero-order chi connectivity index (χ0) is 12.5. The minimum Gasteiger partial charge on any atom is -0.480 e. The number of carbonyl (C=O) groups excluding carboxylic acids is 1. The Kier molecular flexibility index (Phi) is 3.42. The fourth-order valence-corrected chi connectivity index (χ4v) is 1.58. The minimum atomic E-state index is -1.00. The van der Waals surface area contributed by atoms with Gasteiger partial charge in [0.2, 0.25) is 0 Å². The summed E-state index contributed by atoms with van der Waals surface area (Å²) in [6.45, 7) is 5.78. The van der Waals surface area contributed by atoms with Gasteiger partial charge in [-0.1, -0.05) is 0 Å². The van der Waals surface area contributed by atoms with Crippen LogP contribution < -0.4 is 0 Å². The second kappa shape index (κ2) is 4.29. The second-order valence-electron chi connectivity index (χ2n) is 4.85. The fourth-order valence-electron chi connectivity index (χ4n) is 1.58. The maximum atomic E-state index is 11.8. The number of amides is 1. The first-order valence-corrected chi connectivity index (χ1v) is 5.18. The summed E-state index contributed by atoms with van der Waals surface area (Å²) in [5, 5.41) is 11.7. The Morgan fingerprint density at radius 3 is 2.38 bits per heavy atom. The molecule has 0 radical (unpaired) electrons. The molecule has 0 aromatic heterocycles. The minimum absolute atomic E-state index is 0.422. The highest BCUT2D eigenvalue weighted by Gasteiger charge is 2.40. The summed E-state index contributed by atoms with van der Waals surface area (Å²) in [6, 6.07) is -0.820. The average molecular weight is 230 g/mol. The van der Waals surface area contributed by atoms with Gasteiger partial charge in [-0.3, -0.25) is 0 Å². The molecule has 0 saturated carbocycles. The third-order valence-electron chi connectivity index (χ3n) is 2.25. The quantitative estimate of drug-likeness (QED) is 0.725. The molecule has 1 atom stereocenters. The van der Waals surface area contributed by atoms with E-state index in [1.807, 2.05) is 0 Å². The molecule has 0 bridgehead atoms. The first kappa shape index (κ1) is 12.8. The van der Waals surface area contributed by atoms with Crippen molar-refractivity contribution in [3.05, 3.63) is 0 Å². The van der Waals surface area contributed by atoms with E-state index in [0.717, 1.165) is 5.01 Å². The molecule has 1 saturated heterocycles. The largest absolute Gasteiger partial charge is 0.480 e. The van der Waals surface area contributed by atoms with Gasteiger partial charge in [0.15, 0.2) is 6.04 Å². The van der Waals surface area contributed by atoms with Crippen LogP contribution in [0.4, 0.5) is 4.79 Å². The van der Waals surface area contributed by atoms with Crippen molar-refractivity contribution >= 4 is 12.1 Å². The molecule has 1 heterocycles. The molecule has 6 nitrogen and oxygen atoms in total. The van der Waals surface area contributed by atoms with Crippen LogP contribution >= 0.6 is 0 Å². The Bertz CT molecular complexity index is 298. The van der Waals surface area contributed by atoms with Gasteiger partial charge < -0.3 is 9.84 Å². The SMILES string of the molecule is CN1CCC(C(=O)O)N1C(=O)OC(C)(C)C. The van der Waals surface area contributed by atoms with Gasteiger partial charge in [-0.05, 0) is 27.2 Å². The molecule has 1 N–H and O–H groups in total. The van der Waals surface area contributed by atoms with E-state index >= 15 is 0 Å². The van der Waals surface area contributed by atoms with Crippen molar-refractivity contribution in [3.8, 4) is 0 Å². The van der Waals surface area contributed by atoms with Crippen LogP contribution in [0.2, 0.25) is 0 Å². The monoisotopic (exact) mass is 230 g/mol. The van der Waals surface area contributed by atoms with E-state index in [1.54, 1.807) is 32.8 Å². The summed E-state index contributed by atoms with van der Waals surface area (Å²) in [4.78, 5) is 22.7. The van der Waals surface area contributed by atoms with E-state index in [-0.39, 0.29) is 0 Å². The molecular weight excluding hydrogens is 212 g/mol. The molecule has 1 aliphatic rings. The van der Waals surface area contributed by atoms with Gasteiger partial charge in [0.25, 0.3) is 0 Å². The van der Waals surface area contributed by atoms with Gasteiger partial charge in [0.05, 0.1) is 0 Å². The number of ether oxygens (including phenoxy) is 1. The van der Waals surface area contributed by atoms with Crippen molar-refractivity contribution in [2.45, 2.75) is 38.8 Å². The van der Waals surface area contributed by atoms with Crippen molar-refractivity contribution in [1.82, 2.24) is 10.0 Å². The van der Waals surface area contributed by atoms with Crippen LogP contribution in [0.3, 0.4) is 0 Å². The van der Waals surface area contributed by atoms with Crippen LogP contribution in [0.5, 0.6) is 0 Å². The number of rotatable bonds is 1. The molecule has 1 amide bonds. The fraction of sp³-hybridized carbons (Fsp3) is 0.800. The van der Waals surface area contributed by atoms with E-state index in [0.29, 0.717) is 13.0 Å². The molecule has 1 unspecified atom stereocenters. The summed E-state index contributed by atoms with van der Waals surface area (Å²) < 4.78 is 5.15. The lowest BCUT2D eigenvalue weighted by molar-refractivity contribution is -0.145. The highest BCUT2D eigenvalue weighted by atomic mass is 16.6. The van der Waals surface area contributed by atoms with Crippen LogP contribution in [-0.4, -0.2) is 52.4 Å². The molecule has 0 spiro atoms. The number of carboxylic acids is 1. The summed E-state index contributed by atoms with van der Waals surface area (Å²) in [7, 11) is 1.67. The Hall–Kier alpha value is -1.30. The Morgan fingerprint density at radius 1 is 1.38 bits per heavy atom. The van der Waals surface area contributed by atoms with Crippen LogP contribution in [0.25, 0.3) is 0 Å². The standard InChI is InChI=1S/C10H18N2O4/c1-10(2,3)16-9(15)12-7(8(13)14)5-6-11(12)4/h7H,5-6H2,1-4H3,(H,13,14). The van der Waals surface area contributed by atoms with Crippen LogP contribution in [0, 0.1) is 0 Å². The lowest BCUT2D eigenvalue weighted by Crippen LogP contribution is -2.48. The molecular formula is C10H18N2O4. The zero-order valence-electron chi connectivity index (χ0n) is 10.1. The third-order valence-corrected chi connectivity index (χ3v) is 2.25. The van der Waals surface area contributed by atoms with Crippen molar-refractivity contribution < 1.29 is 19.4 Å². The van der Waals surface area contributed by atoms with Crippen molar-refractivity contribution in [3.63, 3.8) is 0 Å². The van der Waals surface area contributed by atoms with E-state index in [4.69, 9.17) is 9.84 Å². The first-order valence-electron chi connectivity index (χ1n) is 5.18. The van der Waals surface area contributed by atoms with E-state index in [9.17, 15) is 9.59 Å². The molecule has 1 aliphatic heterocycles. The smallest absolute Gasteiger partial charge is 0.425 e. The van der Waals surface area contributed by atoms with Gasteiger partial charge in [0, 0.05) is 13.6 Å². The highest BCUT2D eigenvalue weighted by molar-refractivity contribution is 5.80. The summed E-state index contributed by atoms with van der Waals surface area (Å²) in [6.07, 6.45) is -0.190. The first-order chi connectivity index (χ1) is 7.22. The number of hydrazine groups is 1. The number of carbonyl (C=O) groups is 2. The molecule has 1 rings (SSSR count). The molecule has 16 heavy (non-hydrogen) atoms. The Labute approximate surface area is 94.7 Å². The highest BCUT2D eigenvalue weighted by Crippen LogP contribution is 2.20. The van der Waals surface area contributed by atoms with Gasteiger partial charge >= 0.3 is 12.1 Å². The summed E-state index contributed by atoms with van der Waals surface area (Å²) in [5.74, 6) is -1.00. The summed E-state index contributed by atoms with van der Waals surface area (Å²) >= 11 is 0. The molecule has 0 aliphatic carbocycles. The molecule has 6 heteroatoms. The zero-order valence-corrected chi connectivity index (χ0v) is 10.1. The molecule has 1 fully saturated rings. The number of carboxylic acid groups (broad SMARTS) is 1. The van der Waals surface area contributed by atoms with E-state index < -0.39 is 23.7 Å². The van der Waals surface area contributed by atoms with Crippen LogP contribution in [0.15, 0.2) is 0 Å². The second-order valence-corrected chi connectivity index (χ2v) is 4.85. The van der Waals surface area contributed by atoms with E-state index in [1.165, 1.54) is 0 Å². The van der Waals surface area contributed by atoms with Crippen LogP contribution in [0.1, 0.15) is 27.2 Å². The predicted molar refractivity (Wildman–Crippen MR) is 56.7 cm³/mol.